The topological polar surface area (TPSA) is 97.5 Å². The first-order chi connectivity index (χ1) is 12.6. The van der Waals surface area contributed by atoms with Crippen LogP contribution in [-0.4, -0.2) is 28.8 Å². The van der Waals surface area contributed by atoms with Crippen LogP contribution in [0, 0.1) is 5.21 Å². The Kier molecular flexibility index (Phi) is 5.12. The van der Waals surface area contributed by atoms with Gasteiger partial charge in [-0.15, -0.1) is 0 Å². The van der Waals surface area contributed by atoms with Gasteiger partial charge < -0.3 is 19.4 Å². The van der Waals surface area contributed by atoms with E-state index in [1.807, 2.05) is 0 Å². The maximum absolute atomic E-state index is 11.9. The molecule has 2 aromatic carbocycles. The zero-order chi connectivity index (χ0) is 18.5. The van der Waals surface area contributed by atoms with Crippen molar-refractivity contribution in [3.05, 3.63) is 53.7 Å². The largest absolute Gasteiger partial charge is 0.594 e. The monoisotopic (exact) mass is 355 g/mol. The van der Waals surface area contributed by atoms with Gasteiger partial charge in [0, 0.05) is 6.07 Å². The van der Waals surface area contributed by atoms with Crippen molar-refractivity contribution in [3.8, 4) is 17.5 Å². The molecule has 0 N–H and O–H groups in total. The minimum absolute atomic E-state index is 0.0627. The van der Waals surface area contributed by atoms with Gasteiger partial charge in [0.25, 0.3) is 5.52 Å². The first-order valence-corrected chi connectivity index (χ1v) is 8.04. The van der Waals surface area contributed by atoms with Gasteiger partial charge in [-0.1, -0.05) is 12.1 Å². The molecule has 0 aliphatic carbocycles. The Bertz CT molecular complexity index is 914. The van der Waals surface area contributed by atoms with Crippen molar-refractivity contribution in [2.45, 2.75) is 20.0 Å². The SMILES string of the molecule is CCOC(=O)C(C)Oc1ccc(Oc2nc3ccccc3[n+]([O-])n2)cc1. The summed E-state index contributed by atoms with van der Waals surface area (Å²) >= 11 is 0. The number of para-hydroxylation sites is 2. The first kappa shape index (κ1) is 17.4. The van der Waals surface area contributed by atoms with Crippen LogP contribution in [0.2, 0.25) is 0 Å². The highest BCUT2D eigenvalue weighted by molar-refractivity contribution is 5.74. The van der Waals surface area contributed by atoms with Gasteiger partial charge >= 0.3 is 12.0 Å². The highest BCUT2D eigenvalue weighted by Crippen LogP contribution is 2.22. The summed E-state index contributed by atoms with van der Waals surface area (Å²) in [5, 5.41) is 15.7. The third-order valence-electron chi connectivity index (χ3n) is 3.44. The van der Waals surface area contributed by atoms with Crippen LogP contribution in [0.1, 0.15) is 13.8 Å². The van der Waals surface area contributed by atoms with Crippen LogP contribution in [0.5, 0.6) is 17.5 Å². The zero-order valence-electron chi connectivity index (χ0n) is 14.3. The lowest BCUT2D eigenvalue weighted by molar-refractivity contribution is -0.643. The Morgan fingerprint density at radius 1 is 1.15 bits per heavy atom. The summed E-state index contributed by atoms with van der Waals surface area (Å²) in [4.78, 5) is 16.2. The molecule has 0 radical (unpaired) electrons. The molecule has 0 amide bonds. The molecule has 26 heavy (non-hydrogen) atoms. The molecule has 0 saturated carbocycles. The summed E-state index contributed by atoms with van der Waals surface area (Å²) in [6, 6.07) is 13.3. The average molecular weight is 355 g/mol. The fraction of sp³-hybridized carbons (Fsp3) is 0.222. The second-order valence-corrected chi connectivity index (χ2v) is 5.34. The highest BCUT2D eigenvalue weighted by atomic mass is 16.6. The summed E-state index contributed by atoms with van der Waals surface area (Å²) in [5.74, 6) is 0.477. The number of carbonyl (C=O) groups excluding carboxylic acids is 1. The first-order valence-electron chi connectivity index (χ1n) is 8.04. The van der Waals surface area contributed by atoms with Crippen LogP contribution in [0.25, 0.3) is 11.0 Å². The van der Waals surface area contributed by atoms with Crippen LogP contribution in [0.4, 0.5) is 0 Å². The lowest BCUT2D eigenvalue weighted by Crippen LogP contribution is -2.32. The van der Waals surface area contributed by atoms with Gasteiger partial charge in [-0.05, 0) is 49.0 Å². The number of esters is 1. The van der Waals surface area contributed by atoms with E-state index in [2.05, 4.69) is 10.1 Å². The van der Waals surface area contributed by atoms with Crippen molar-refractivity contribution in [2.24, 2.45) is 0 Å². The number of hydrogen-bond donors (Lipinski definition) is 0. The van der Waals surface area contributed by atoms with E-state index in [4.69, 9.17) is 14.2 Å². The van der Waals surface area contributed by atoms with E-state index in [-0.39, 0.29) is 6.01 Å². The molecule has 8 nitrogen and oxygen atoms in total. The summed E-state index contributed by atoms with van der Waals surface area (Å²) in [7, 11) is 0. The minimum atomic E-state index is -0.718. The highest BCUT2D eigenvalue weighted by Gasteiger charge is 2.16. The van der Waals surface area contributed by atoms with Crippen LogP contribution in [-0.2, 0) is 9.53 Å². The summed E-state index contributed by atoms with van der Waals surface area (Å²) < 4.78 is 15.9. The smallest absolute Gasteiger partial charge is 0.386 e. The molecule has 0 fully saturated rings. The maximum Gasteiger partial charge on any atom is 0.386 e. The van der Waals surface area contributed by atoms with Crippen molar-refractivity contribution in [2.75, 3.05) is 6.61 Å². The Hall–Kier alpha value is -3.42. The second kappa shape index (κ2) is 7.64. The lowest BCUT2D eigenvalue weighted by Gasteiger charge is -2.13. The Morgan fingerprint density at radius 3 is 2.58 bits per heavy atom. The van der Waals surface area contributed by atoms with Crippen molar-refractivity contribution in [3.63, 3.8) is 0 Å². The maximum atomic E-state index is 11.9. The number of benzene rings is 2. The van der Waals surface area contributed by atoms with Gasteiger partial charge in [-0.3, -0.25) is 0 Å². The Balaban J connectivity index is 1.70. The van der Waals surface area contributed by atoms with Crippen LogP contribution in [0.15, 0.2) is 48.5 Å². The van der Waals surface area contributed by atoms with Crippen LogP contribution >= 0.6 is 0 Å². The molecule has 0 aliphatic heterocycles. The van der Waals surface area contributed by atoms with Gasteiger partial charge in [0.05, 0.1) is 11.7 Å². The second-order valence-electron chi connectivity index (χ2n) is 5.34. The number of ether oxygens (including phenoxy) is 3. The molecule has 3 rings (SSSR count). The van der Waals surface area contributed by atoms with E-state index < -0.39 is 12.1 Å². The number of nitrogens with zero attached hydrogens (tertiary/aromatic N) is 3. The third-order valence-corrected chi connectivity index (χ3v) is 3.44. The molecule has 0 spiro atoms. The predicted molar refractivity (Wildman–Crippen MR) is 91.7 cm³/mol. The van der Waals surface area contributed by atoms with Crippen molar-refractivity contribution in [1.82, 2.24) is 10.1 Å². The lowest BCUT2D eigenvalue weighted by atomic mass is 10.3. The number of aromatic nitrogens is 3. The van der Waals surface area contributed by atoms with Gasteiger partial charge in [0.1, 0.15) is 17.0 Å². The molecule has 0 aliphatic rings. The number of fused-ring (bicyclic) bond motifs is 1. The molecule has 1 aromatic heterocycles. The van der Waals surface area contributed by atoms with E-state index in [1.54, 1.807) is 62.4 Å². The number of carbonyl (C=O) groups is 1. The molecular formula is C18H17N3O5. The number of rotatable bonds is 6. The normalized spacial score (nSPS) is 11.8. The fourth-order valence-corrected chi connectivity index (χ4v) is 2.22. The fourth-order valence-electron chi connectivity index (χ4n) is 2.22. The van der Waals surface area contributed by atoms with Crippen LogP contribution < -0.4 is 14.3 Å². The number of hydrogen-bond acceptors (Lipinski definition) is 7. The molecule has 134 valence electrons. The predicted octanol–water partition coefficient (Wildman–Crippen LogP) is 2.39. The minimum Gasteiger partial charge on any atom is -0.594 e. The van der Waals surface area contributed by atoms with Gasteiger partial charge in [0.15, 0.2) is 6.10 Å². The molecule has 1 heterocycles. The summed E-state index contributed by atoms with van der Waals surface area (Å²) in [5.41, 5.74) is 0.840. The van der Waals surface area contributed by atoms with E-state index in [1.165, 1.54) is 0 Å². The van der Waals surface area contributed by atoms with E-state index >= 15 is 0 Å². The van der Waals surface area contributed by atoms with Gasteiger partial charge in [-0.2, -0.15) is 4.98 Å². The molecule has 0 saturated heterocycles. The zero-order valence-corrected chi connectivity index (χ0v) is 14.3. The van der Waals surface area contributed by atoms with Gasteiger partial charge in [0.2, 0.25) is 0 Å². The molecule has 8 heteroatoms. The third kappa shape index (κ3) is 3.97. The standard InChI is InChI=1S/C18H17N3O5/c1-3-24-17(22)12(2)25-13-8-10-14(11-9-13)26-18-19-15-6-4-5-7-16(15)21(23)20-18/h4-12H,3H2,1-2H3. The van der Waals surface area contributed by atoms with Crippen molar-refractivity contribution in [1.29, 1.82) is 0 Å². The van der Waals surface area contributed by atoms with Crippen molar-refractivity contribution >= 4 is 17.0 Å². The average Bonchev–Trinajstić information content (AvgIpc) is 2.63. The Morgan fingerprint density at radius 2 is 1.85 bits per heavy atom. The molecular weight excluding hydrogens is 338 g/mol. The Labute approximate surface area is 149 Å². The van der Waals surface area contributed by atoms with E-state index in [9.17, 15) is 10.0 Å². The van der Waals surface area contributed by atoms with Crippen LogP contribution in [0.3, 0.4) is 0 Å². The van der Waals surface area contributed by atoms with E-state index in [0.717, 1.165) is 0 Å². The summed E-state index contributed by atoms with van der Waals surface area (Å²) in [6.07, 6.45) is -0.718. The van der Waals surface area contributed by atoms with Crippen molar-refractivity contribution < 1.29 is 23.9 Å². The van der Waals surface area contributed by atoms with E-state index in [0.29, 0.717) is 34.0 Å². The molecule has 0 bridgehead atoms. The summed E-state index contributed by atoms with van der Waals surface area (Å²) in [6.45, 7) is 3.64. The van der Waals surface area contributed by atoms with Gasteiger partial charge in [-0.25, -0.2) is 4.79 Å². The molecule has 1 atom stereocenters. The quantitative estimate of drug-likeness (QED) is 0.380. The molecule has 1 unspecified atom stereocenters. The molecule has 3 aromatic rings.